The van der Waals surface area contributed by atoms with Crippen LogP contribution in [0.25, 0.3) is 0 Å². The molecule has 1 aliphatic rings. The molecule has 0 unspecified atom stereocenters. The third-order valence-corrected chi connectivity index (χ3v) is 5.48. The number of nitrogens with zero attached hydrogens (tertiary/aromatic N) is 1. The Labute approximate surface area is 143 Å². The van der Waals surface area contributed by atoms with Crippen LogP contribution in [-0.4, -0.2) is 20.9 Å². The molecule has 2 aromatic rings. The number of carbonyl (C=O) groups excluding carboxylic acids is 1. The van der Waals surface area contributed by atoms with Crippen molar-refractivity contribution in [1.82, 2.24) is 0 Å². The van der Waals surface area contributed by atoms with Gasteiger partial charge in [-0.2, -0.15) is 0 Å². The number of anilines is 2. The van der Waals surface area contributed by atoms with Gasteiger partial charge in [-0.25, -0.2) is 8.42 Å². The molecular weight excluding hydrogens is 380 g/mol. The summed E-state index contributed by atoms with van der Waals surface area (Å²) >= 11 is 3.26. The summed E-state index contributed by atoms with van der Waals surface area (Å²) in [6.45, 7) is 0.710. The Hall–Kier alpha value is -1.86. The second-order valence-electron chi connectivity index (χ2n) is 5.26. The van der Waals surface area contributed by atoms with Crippen molar-refractivity contribution >= 4 is 43.2 Å². The van der Waals surface area contributed by atoms with E-state index in [1.807, 2.05) is 0 Å². The van der Waals surface area contributed by atoms with E-state index in [1.165, 1.54) is 6.07 Å². The first-order valence-electron chi connectivity index (χ1n) is 7.14. The van der Waals surface area contributed by atoms with Crippen LogP contribution in [0, 0.1) is 0 Å². The van der Waals surface area contributed by atoms with Gasteiger partial charge in [-0.15, -0.1) is 0 Å². The maximum atomic E-state index is 12.4. The fourth-order valence-electron chi connectivity index (χ4n) is 2.48. The summed E-state index contributed by atoms with van der Waals surface area (Å²) in [6.07, 6.45) is 1.42. The Balaban J connectivity index is 1.79. The van der Waals surface area contributed by atoms with Crippen molar-refractivity contribution in [3.63, 3.8) is 0 Å². The topological polar surface area (TPSA) is 66.5 Å². The van der Waals surface area contributed by atoms with Gasteiger partial charge in [0.2, 0.25) is 5.91 Å². The molecule has 1 heterocycles. The summed E-state index contributed by atoms with van der Waals surface area (Å²) in [4.78, 5) is 13.6. The van der Waals surface area contributed by atoms with Crippen LogP contribution in [0.2, 0.25) is 0 Å². The van der Waals surface area contributed by atoms with E-state index in [-0.39, 0.29) is 10.8 Å². The van der Waals surface area contributed by atoms with Crippen molar-refractivity contribution in [2.45, 2.75) is 17.7 Å². The second kappa shape index (κ2) is 6.33. The molecule has 1 amide bonds. The van der Waals surface area contributed by atoms with Gasteiger partial charge in [-0.1, -0.05) is 22.0 Å². The highest BCUT2D eigenvalue weighted by Gasteiger charge is 2.21. The number of amides is 1. The summed E-state index contributed by atoms with van der Waals surface area (Å²) in [5, 5.41) is 0. The second-order valence-corrected chi connectivity index (χ2v) is 7.86. The summed E-state index contributed by atoms with van der Waals surface area (Å²) in [5.74, 6) is 0.104. The molecule has 0 aromatic heterocycles. The molecular formula is C16H15BrN2O3S. The third kappa shape index (κ3) is 3.56. The first-order chi connectivity index (χ1) is 11.0. The maximum Gasteiger partial charge on any atom is 0.261 e. The molecule has 0 atom stereocenters. The smallest absolute Gasteiger partial charge is 0.261 e. The van der Waals surface area contributed by atoms with Crippen LogP contribution in [0.4, 0.5) is 11.4 Å². The number of nitrogens with one attached hydrogen (secondary N) is 1. The lowest BCUT2D eigenvalue weighted by molar-refractivity contribution is -0.117. The molecule has 0 aliphatic carbocycles. The number of halogens is 1. The molecule has 2 aromatic carbocycles. The highest BCUT2D eigenvalue weighted by Crippen LogP contribution is 2.24. The average Bonchev–Trinajstić information content (AvgIpc) is 2.94. The van der Waals surface area contributed by atoms with E-state index >= 15 is 0 Å². The van der Waals surface area contributed by atoms with Crippen LogP contribution in [0.1, 0.15) is 12.8 Å². The lowest BCUT2D eigenvalue weighted by atomic mass is 10.2. The minimum atomic E-state index is -3.64. The van der Waals surface area contributed by atoms with Gasteiger partial charge in [0.1, 0.15) is 0 Å². The van der Waals surface area contributed by atoms with Gasteiger partial charge < -0.3 is 4.90 Å². The lowest BCUT2D eigenvalue weighted by Gasteiger charge is -2.16. The van der Waals surface area contributed by atoms with Crippen LogP contribution in [0.5, 0.6) is 0 Å². The molecule has 0 saturated carbocycles. The minimum absolute atomic E-state index is 0.104. The number of hydrogen-bond donors (Lipinski definition) is 1. The maximum absolute atomic E-state index is 12.4. The van der Waals surface area contributed by atoms with Crippen LogP contribution < -0.4 is 9.62 Å². The van der Waals surface area contributed by atoms with Gasteiger partial charge in [0.15, 0.2) is 0 Å². The number of carbonyl (C=O) groups is 1. The lowest BCUT2D eigenvalue weighted by Crippen LogP contribution is -2.23. The zero-order valence-corrected chi connectivity index (χ0v) is 14.6. The first-order valence-corrected chi connectivity index (χ1v) is 9.42. The molecule has 1 fully saturated rings. The SMILES string of the molecule is O=C1CCCN1c1ccc(NS(=O)(=O)c2cccc(Br)c2)cc1. The van der Waals surface area contributed by atoms with Crippen molar-refractivity contribution in [3.8, 4) is 0 Å². The van der Waals surface area contributed by atoms with Gasteiger partial charge in [0, 0.05) is 28.8 Å². The zero-order chi connectivity index (χ0) is 16.4. The van der Waals surface area contributed by atoms with Gasteiger partial charge >= 0.3 is 0 Å². The highest BCUT2D eigenvalue weighted by atomic mass is 79.9. The van der Waals surface area contributed by atoms with Crippen molar-refractivity contribution < 1.29 is 13.2 Å². The third-order valence-electron chi connectivity index (χ3n) is 3.61. The molecule has 5 nitrogen and oxygen atoms in total. The zero-order valence-electron chi connectivity index (χ0n) is 12.2. The molecule has 1 N–H and O–H groups in total. The predicted molar refractivity (Wildman–Crippen MR) is 93.0 cm³/mol. The monoisotopic (exact) mass is 394 g/mol. The van der Waals surface area contributed by atoms with E-state index < -0.39 is 10.0 Å². The van der Waals surface area contributed by atoms with Crippen molar-refractivity contribution in [2.24, 2.45) is 0 Å². The number of benzene rings is 2. The van der Waals surface area contributed by atoms with Crippen LogP contribution in [-0.2, 0) is 14.8 Å². The molecule has 7 heteroatoms. The average molecular weight is 395 g/mol. The van der Waals surface area contributed by atoms with E-state index in [4.69, 9.17) is 0 Å². The molecule has 0 bridgehead atoms. The quantitative estimate of drug-likeness (QED) is 0.863. The molecule has 0 spiro atoms. The van der Waals surface area contributed by atoms with Crippen LogP contribution in [0.15, 0.2) is 57.9 Å². The summed E-state index contributed by atoms with van der Waals surface area (Å²) in [5.41, 5.74) is 1.25. The number of rotatable bonds is 4. The van der Waals surface area contributed by atoms with Crippen molar-refractivity contribution in [2.75, 3.05) is 16.2 Å². The van der Waals surface area contributed by atoms with Crippen LogP contribution in [0.3, 0.4) is 0 Å². The van der Waals surface area contributed by atoms with Gasteiger partial charge in [-0.05, 0) is 48.9 Å². The van der Waals surface area contributed by atoms with Gasteiger partial charge in [0.25, 0.3) is 10.0 Å². The number of hydrogen-bond acceptors (Lipinski definition) is 3. The summed E-state index contributed by atoms with van der Waals surface area (Å²) in [6, 6.07) is 13.3. The Morgan fingerprint density at radius 1 is 1.09 bits per heavy atom. The van der Waals surface area contributed by atoms with E-state index in [0.717, 1.165) is 12.1 Å². The Bertz CT molecular complexity index is 835. The minimum Gasteiger partial charge on any atom is -0.312 e. The van der Waals surface area contributed by atoms with E-state index in [1.54, 1.807) is 47.4 Å². The van der Waals surface area contributed by atoms with E-state index in [9.17, 15) is 13.2 Å². The standard InChI is InChI=1S/C16H15BrN2O3S/c17-12-3-1-4-15(11-12)23(21,22)18-13-6-8-14(9-7-13)19-10-2-5-16(19)20/h1,3-4,6-9,11,18H,2,5,10H2. The largest absolute Gasteiger partial charge is 0.312 e. The Morgan fingerprint density at radius 2 is 1.83 bits per heavy atom. The fourth-order valence-corrected chi connectivity index (χ4v) is 4.13. The molecule has 1 saturated heterocycles. The molecule has 3 rings (SSSR count). The molecule has 23 heavy (non-hydrogen) atoms. The molecule has 1 aliphatic heterocycles. The highest BCUT2D eigenvalue weighted by molar-refractivity contribution is 9.10. The normalized spacial score (nSPS) is 15.0. The first kappa shape index (κ1) is 16.0. The van der Waals surface area contributed by atoms with Crippen molar-refractivity contribution in [3.05, 3.63) is 53.0 Å². The van der Waals surface area contributed by atoms with Crippen molar-refractivity contribution in [1.29, 1.82) is 0 Å². The van der Waals surface area contributed by atoms with Gasteiger partial charge in [-0.3, -0.25) is 9.52 Å². The molecule has 120 valence electrons. The predicted octanol–water partition coefficient (Wildman–Crippen LogP) is 3.38. The summed E-state index contributed by atoms with van der Waals surface area (Å²) < 4.78 is 27.9. The summed E-state index contributed by atoms with van der Waals surface area (Å²) in [7, 11) is -3.64. The van der Waals surface area contributed by atoms with Gasteiger partial charge in [0.05, 0.1) is 4.90 Å². The Morgan fingerprint density at radius 3 is 2.43 bits per heavy atom. The fraction of sp³-hybridized carbons (Fsp3) is 0.188. The van der Waals surface area contributed by atoms with E-state index in [0.29, 0.717) is 23.1 Å². The van der Waals surface area contributed by atoms with Crippen LogP contribution >= 0.6 is 15.9 Å². The number of sulfonamides is 1. The van der Waals surface area contributed by atoms with E-state index in [2.05, 4.69) is 20.7 Å². The molecule has 0 radical (unpaired) electrons. The Kier molecular flexibility index (Phi) is 4.41.